The van der Waals surface area contributed by atoms with Gasteiger partial charge in [0.05, 0.1) is 0 Å². The van der Waals surface area contributed by atoms with Crippen molar-refractivity contribution in [3.05, 3.63) is 71.3 Å². The Balaban J connectivity index is 1.50. The predicted octanol–water partition coefficient (Wildman–Crippen LogP) is 3.49. The SMILES string of the molecule is Cc1ccc([C@@H]2CN(Cc3ccccc3)C[C@H]2NC(=O)C2CC2)cc1. The molecule has 3 heteroatoms. The molecular weight excluding hydrogens is 308 g/mol. The van der Waals surface area contributed by atoms with Crippen LogP contribution in [0, 0.1) is 12.8 Å². The molecule has 1 N–H and O–H groups in total. The van der Waals surface area contributed by atoms with E-state index in [1.807, 2.05) is 0 Å². The van der Waals surface area contributed by atoms with Crippen molar-refractivity contribution >= 4 is 5.91 Å². The second-order valence-electron chi connectivity index (χ2n) is 7.59. The van der Waals surface area contributed by atoms with E-state index < -0.39 is 0 Å². The number of nitrogens with one attached hydrogen (secondary N) is 1. The molecule has 130 valence electrons. The summed E-state index contributed by atoms with van der Waals surface area (Å²) in [7, 11) is 0. The molecule has 4 rings (SSSR count). The van der Waals surface area contributed by atoms with Gasteiger partial charge in [0.25, 0.3) is 0 Å². The second kappa shape index (κ2) is 7.01. The average molecular weight is 334 g/mol. The molecule has 2 aromatic rings. The fourth-order valence-electron chi connectivity index (χ4n) is 3.80. The highest BCUT2D eigenvalue weighted by Gasteiger charge is 2.38. The van der Waals surface area contributed by atoms with Gasteiger partial charge in [-0.25, -0.2) is 0 Å². The molecule has 2 atom stereocenters. The summed E-state index contributed by atoms with van der Waals surface area (Å²) < 4.78 is 0. The number of likely N-dealkylation sites (tertiary alicyclic amines) is 1. The number of carbonyl (C=O) groups excluding carboxylic acids is 1. The summed E-state index contributed by atoms with van der Waals surface area (Å²) in [4.78, 5) is 14.8. The Hall–Kier alpha value is -2.13. The number of hydrogen-bond acceptors (Lipinski definition) is 2. The van der Waals surface area contributed by atoms with Crippen molar-refractivity contribution in [2.24, 2.45) is 5.92 Å². The molecule has 1 saturated carbocycles. The third kappa shape index (κ3) is 3.93. The fourth-order valence-corrected chi connectivity index (χ4v) is 3.80. The molecule has 1 aliphatic carbocycles. The van der Waals surface area contributed by atoms with Crippen molar-refractivity contribution < 1.29 is 4.79 Å². The number of rotatable bonds is 5. The lowest BCUT2D eigenvalue weighted by Crippen LogP contribution is -2.40. The van der Waals surface area contributed by atoms with Crippen molar-refractivity contribution in [1.82, 2.24) is 10.2 Å². The van der Waals surface area contributed by atoms with Crippen LogP contribution in [0.15, 0.2) is 54.6 Å². The lowest BCUT2D eigenvalue weighted by molar-refractivity contribution is -0.123. The molecule has 1 heterocycles. The Labute approximate surface area is 150 Å². The van der Waals surface area contributed by atoms with Gasteiger partial charge in [-0.1, -0.05) is 60.2 Å². The maximum absolute atomic E-state index is 12.3. The van der Waals surface area contributed by atoms with Crippen LogP contribution in [0.5, 0.6) is 0 Å². The number of carbonyl (C=O) groups is 1. The van der Waals surface area contributed by atoms with Crippen LogP contribution < -0.4 is 5.32 Å². The van der Waals surface area contributed by atoms with Crippen LogP contribution >= 0.6 is 0 Å². The van der Waals surface area contributed by atoms with E-state index in [9.17, 15) is 4.79 Å². The van der Waals surface area contributed by atoms with Crippen LogP contribution in [-0.4, -0.2) is 29.9 Å². The normalized spacial score (nSPS) is 23.6. The number of amides is 1. The maximum Gasteiger partial charge on any atom is 0.223 e. The van der Waals surface area contributed by atoms with Crippen LogP contribution in [0.25, 0.3) is 0 Å². The molecule has 2 fully saturated rings. The molecule has 0 spiro atoms. The van der Waals surface area contributed by atoms with Crippen molar-refractivity contribution in [3.8, 4) is 0 Å². The maximum atomic E-state index is 12.3. The van der Waals surface area contributed by atoms with Crippen LogP contribution in [0.4, 0.5) is 0 Å². The smallest absolute Gasteiger partial charge is 0.223 e. The van der Waals surface area contributed by atoms with Gasteiger partial charge in [0.2, 0.25) is 5.91 Å². The summed E-state index contributed by atoms with van der Waals surface area (Å²) in [5, 5.41) is 3.34. The zero-order chi connectivity index (χ0) is 17.2. The highest BCUT2D eigenvalue weighted by atomic mass is 16.2. The summed E-state index contributed by atoms with van der Waals surface area (Å²) in [5.74, 6) is 0.887. The van der Waals surface area contributed by atoms with Gasteiger partial charge >= 0.3 is 0 Å². The minimum absolute atomic E-state index is 0.208. The van der Waals surface area contributed by atoms with E-state index >= 15 is 0 Å². The van der Waals surface area contributed by atoms with Gasteiger partial charge in [-0.3, -0.25) is 9.69 Å². The zero-order valence-electron chi connectivity index (χ0n) is 14.8. The Kier molecular flexibility index (Phi) is 4.58. The van der Waals surface area contributed by atoms with E-state index in [-0.39, 0.29) is 17.9 Å². The molecule has 1 aliphatic heterocycles. The Morgan fingerprint density at radius 1 is 1.04 bits per heavy atom. The van der Waals surface area contributed by atoms with E-state index in [1.54, 1.807) is 0 Å². The Morgan fingerprint density at radius 2 is 1.76 bits per heavy atom. The van der Waals surface area contributed by atoms with Crippen molar-refractivity contribution in [2.75, 3.05) is 13.1 Å². The molecule has 0 unspecified atom stereocenters. The van der Waals surface area contributed by atoms with Gasteiger partial charge in [-0.05, 0) is 30.9 Å². The van der Waals surface area contributed by atoms with E-state index in [0.29, 0.717) is 5.92 Å². The lowest BCUT2D eigenvalue weighted by Gasteiger charge is -2.20. The fraction of sp³-hybridized carbons (Fsp3) is 0.409. The van der Waals surface area contributed by atoms with Gasteiger partial charge in [0, 0.05) is 37.5 Å². The molecular formula is C22H26N2O. The molecule has 0 bridgehead atoms. The molecule has 25 heavy (non-hydrogen) atoms. The topological polar surface area (TPSA) is 32.3 Å². The Morgan fingerprint density at radius 3 is 2.44 bits per heavy atom. The molecule has 1 saturated heterocycles. The minimum atomic E-state index is 0.208. The monoisotopic (exact) mass is 334 g/mol. The summed E-state index contributed by atoms with van der Waals surface area (Å²) in [6, 6.07) is 19.6. The van der Waals surface area contributed by atoms with Crippen molar-refractivity contribution in [1.29, 1.82) is 0 Å². The molecule has 3 nitrogen and oxygen atoms in total. The summed E-state index contributed by atoms with van der Waals surface area (Å²) in [6.45, 7) is 4.98. The summed E-state index contributed by atoms with van der Waals surface area (Å²) in [5.41, 5.74) is 3.95. The van der Waals surface area contributed by atoms with Gasteiger partial charge in [0.1, 0.15) is 0 Å². The highest BCUT2D eigenvalue weighted by Crippen LogP contribution is 2.32. The first-order chi connectivity index (χ1) is 12.2. The lowest BCUT2D eigenvalue weighted by atomic mass is 9.93. The molecule has 2 aliphatic rings. The van der Waals surface area contributed by atoms with Gasteiger partial charge in [-0.15, -0.1) is 0 Å². The van der Waals surface area contributed by atoms with Crippen LogP contribution in [0.3, 0.4) is 0 Å². The quantitative estimate of drug-likeness (QED) is 0.908. The number of hydrogen-bond donors (Lipinski definition) is 1. The van der Waals surface area contributed by atoms with Crippen LogP contribution in [0.2, 0.25) is 0 Å². The standard InChI is InChI=1S/C22H26N2O/c1-16-7-9-18(10-8-16)20-14-24(13-17-5-3-2-4-6-17)15-21(20)23-22(25)19-11-12-19/h2-10,19-21H,11-15H2,1H3,(H,23,25)/t20-,21+/m0/s1. The molecule has 0 aromatic heterocycles. The summed E-state index contributed by atoms with van der Waals surface area (Å²) in [6.07, 6.45) is 2.11. The first-order valence-corrected chi connectivity index (χ1v) is 9.32. The van der Waals surface area contributed by atoms with E-state index in [2.05, 4.69) is 71.7 Å². The van der Waals surface area contributed by atoms with Crippen LogP contribution in [-0.2, 0) is 11.3 Å². The van der Waals surface area contributed by atoms with E-state index in [4.69, 9.17) is 0 Å². The second-order valence-corrected chi connectivity index (χ2v) is 7.59. The molecule has 2 aromatic carbocycles. The average Bonchev–Trinajstić information content (AvgIpc) is 3.40. The highest BCUT2D eigenvalue weighted by molar-refractivity contribution is 5.81. The third-order valence-corrected chi connectivity index (χ3v) is 5.43. The third-order valence-electron chi connectivity index (χ3n) is 5.43. The van der Waals surface area contributed by atoms with Gasteiger partial charge in [-0.2, -0.15) is 0 Å². The Bertz CT molecular complexity index is 721. The van der Waals surface area contributed by atoms with E-state index in [1.165, 1.54) is 16.7 Å². The largest absolute Gasteiger partial charge is 0.351 e. The predicted molar refractivity (Wildman–Crippen MR) is 100 cm³/mol. The first kappa shape index (κ1) is 16.3. The summed E-state index contributed by atoms with van der Waals surface area (Å²) >= 11 is 0. The van der Waals surface area contributed by atoms with Crippen LogP contribution in [0.1, 0.15) is 35.4 Å². The molecule has 1 amide bonds. The first-order valence-electron chi connectivity index (χ1n) is 9.32. The van der Waals surface area contributed by atoms with Gasteiger partial charge < -0.3 is 5.32 Å². The number of nitrogens with zero attached hydrogens (tertiary/aromatic N) is 1. The van der Waals surface area contributed by atoms with Crippen molar-refractivity contribution in [3.63, 3.8) is 0 Å². The minimum Gasteiger partial charge on any atom is -0.351 e. The zero-order valence-corrected chi connectivity index (χ0v) is 14.8. The van der Waals surface area contributed by atoms with Gasteiger partial charge in [0.15, 0.2) is 0 Å². The van der Waals surface area contributed by atoms with E-state index in [0.717, 1.165) is 32.5 Å². The number of benzene rings is 2. The number of aryl methyl sites for hydroxylation is 1. The van der Waals surface area contributed by atoms with Crippen molar-refractivity contribution in [2.45, 2.75) is 38.3 Å². The molecule has 0 radical (unpaired) electrons.